The van der Waals surface area contributed by atoms with Gasteiger partial charge in [0, 0.05) is 29.2 Å². The summed E-state index contributed by atoms with van der Waals surface area (Å²) in [6.07, 6.45) is 5.43. The molecule has 4 heteroatoms. The molecule has 4 rings (SSSR count). The van der Waals surface area contributed by atoms with Crippen molar-refractivity contribution < 1.29 is 9.90 Å². The van der Waals surface area contributed by atoms with Gasteiger partial charge in [0.15, 0.2) is 0 Å². The number of aryl methyl sites for hydroxylation is 1. The molecule has 144 valence electrons. The zero-order chi connectivity index (χ0) is 19.2. The number of carbonyl (C=O) groups is 1. The Kier molecular flexibility index (Phi) is 4.79. The normalized spacial score (nSPS) is 21.3. The Balaban J connectivity index is 1.81. The van der Waals surface area contributed by atoms with Crippen LogP contribution in [0.15, 0.2) is 24.3 Å². The van der Waals surface area contributed by atoms with Crippen LogP contribution in [0.5, 0.6) is 0 Å². The fourth-order valence-corrected chi connectivity index (χ4v) is 6.01. The van der Waals surface area contributed by atoms with Crippen LogP contribution in [-0.2, 0) is 12.8 Å². The summed E-state index contributed by atoms with van der Waals surface area (Å²) in [4.78, 5) is 17.0. The third kappa shape index (κ3) is 3.40. The SMILES string of the molecule is CC[C@@H]1CCN(c2ccccc2-c2sc3c(c2C(=O)O)CC(C)(C)CC3)C1. The van der Waals surface area contributed by atoms with Crippen molar-refractivity contribution in [1.29, 1.82) is 0 Å². The lowest BCUT2D eigenvalue weighted by molar-refractivity contribution is 0.0696. The first kappa shape index (κ1) is 18.5. The van der Waals surface area contributed by atoms with Gasteiger partial charge in [0.05, 0.1) is 10.4 Å². The fourth-order valence-electron chi connectivity index (χ4n) is 4.66. The van der Waals surface area contributed by atoms with E-state index in [1.165, 1.54) is 23.4 Å². The highest BCUT2D eigenvalue weighted by Crippen LogP contribution is 2.47. The Morgan fingerprint density at radius 2 is 2.11 bits per heavy atom. The van der Waals surface area contributed by atoms with Gasteiger partial charge in [0.25, 0.3) is 0 Å². The van der Waals surface area contributed by atoms with E-state index >= 15 is 0 Å². The van der Waals surface area contributed by atoms with Gasteiger partial charge in [-0.1, -0.05) is 45.4 Å². The molecule has 0 radical (unpaired) electrons. The van der Waals surface area contributed by atoms with Crippen LogP contribution in [0.3, 0.4) is 0 Å². The highest BCUT2D eigenvalue weighted by atomic mass is 32.1. The van der Waals surface area contributed by atoms with E-state index in [4.69, 9.17) is 0 Å². The molecule has 1 aromatic heterocycles. The molecule has 0 spiro atoms. The summed E-state index contributed by atoms with van der Waals surface area (Å²) in [7, 11) is 0. The van der Waals surface area contributed by atoms with E-state index in [2.05, 4.69) is 43.9 Å². The average Bonchev–Trinajstić information content (AvgIpc) is 3.25. The van der Waals surface area contributed by atoms with Crippen molar-refractivity contribution >= 4 is 23.0 Å². The van der Waals surface area contributed by atoms with Crippen LogP contribution in [-0.4, -0.2) is 24.2 Å². The second kappa shape index (κ2) is 6.97. The van der Waals surface area contributed by atoms with Crippen molar-refractivity contribution in [3.05, 3.63) is 40.3 Å². The summed E-state index contributed by atoms with van der Waals surface area (Å²) in [5.41, 5.74) is 4.12. The summed E-state index contributed by atoms with van der Waals surface area (Å²) in [5, 5.41) is 10.1. The van der Waals surface area contributed by atoms with E-state index in [9.17, 15) is 9.90 Å². The van der Waals surface area contributed by atoms with E-state index in [0.29, 0.717) is 5.56 Å². The Morgan fingerprint density at radius 1 is 1.33 bits per heavy atom. The highest BCUT2D eigenvalue weighted by Gasteiger charge is 2.34. The molecule has 1 N–H and O–H groups in total. The molecule has 27 heavy (non-hydrogen) atoms. The van der Waals surface area contributed by atoms with Crippen molar-refractivity contribution in [2.75, 3.05) is 18.0 Å². The number of thiophene rings is 1. The molecule has 2 heterocycles. The smallest absolute Gasteiger partial charge is 0.337 e. The monoisotopic (exact) mass is 383 g/mol. The van der Waals surface area contributed by atoms with Crippen LogP contribution in [0, 0.1) is 11.3 Å². The number of carboxylic acid groups (broad SMARTS) is 1. The fraction of sp³-hybridized carbons (Fsp3) is 0.522. The summed E-state index contributed by atoms with van der Waals surface area (Å²) in [5.74, 6) is -0.0304. The van der Waals surface area contributed by atoms with Crippen molar-refractivity contribution in [2.24, 2.45) is 11.3 Å². The summed E-state index contributed by atoms with van der Waals surface area (Å²) in [6, 6.07) is 8.40. The number of nitrogens with zero attached hydrogens (tertiary/aromatic N) is 1. The largest absolute Gasteiger partial charge is 0.478 e. The molecule has 0 unspecified atom stereocenters. The van der Waals surface area contributed by atoms with E-state index in [1.807, 2.05) is 6.07 Å². The molecule has 2 aromatic rings. The number of rotatable bonds is 4. The van der Waals surface area contributed by atoms with Crippen LogP contribution in [0.4, 0.5) is 5.69 Å². The first-order chi connectivity index (χ1) is 12.9. The lowest BCUT2D eigenvalue weighted by atomic mass is 9.76. The minimum atomic E-state index is -0.775. The minimum Gasteiger partial charge on any atom is -0.478 e. The maximum Gasteiger partial charge on any atom is 0.337 e. The molecule has 1 aliphatic heterocycles. The lowest BCUT2D eigenvalue weighted by Crippen LogP contribution is -2.22. The van der Waals surface area contributed by atoms with Crippen molar-refractivity contribution in [2.45, 2.75) is 52.9 Å². The van der Waals surface area contributed by atoms with Gasteiger partial charge >= 0.3 is 5.97 Å². The summed E-state index contributed by atoms with van der Waals surface area (Å²) < 4.78 is 0. The molecule has 1 aliphatic carbocycles. The zero-order valence-electron chi connectivity index (χ0n) is 16.5. The predicted molar refractivity (Wildman–Crippen MR) is 113 cm³/mol. The van der Waals surface area contributed by atoms with Crippen LogP contribution in [0.25, 0.3) is 10.4 Å². The maximum absolute atomic E-state index is 12.3. The van der Waals surface area contributed by atoms with E-state index < -0.39 is 5.97 Å². The van der Waals surface area contributed by atoms with Gasteiger partial charge in [0.1, 0.15) is 0 Å². The maximum atomic E-state index is 12.3. The average molecular weight is 384 g/mol. The van der Waals surface area contributed by atoms with Gasteiger partial charge < -0.3 is 10.0 Å². The Labute approximate surface area is 166 Å². The number of aromatic carboxylic acids is 1. The zero-order valence-corrected chi connectivity index (χ0v) is 17.4. The van der Waals surface area contributed by atoms with Crippen molar-refractivity contribution in [3.8, 4) is 10.4 Å². The van der Waals surface area contributed by atoms with Crippen molar-refractivity contribution in [1.82, 2.24) is 0 Å². The summed E-state index contributed by atoms with van der Waals surface area (Å²) >= 11 is 1.72. The number of para-hydroxylation sites is 1. The Hall–Kier alpha value is -1.81. The van der Waals surface area contributed by atoms with Gasteiger partial charge in [-0.15, -0.1) is 11.3 Å². The third-order valence-corrected chi connectivity index (χ3v) is 7.67. The van der Waals surface area contributed by atoms with Gasteiger partial charge in [-0.05, 0) is 48.6 Å². The van der Waals surface area contributed by atoms with Crippen LogP contribution >= 0.6 is 11.3 Å². The number of hydrogen-bond donors (Lipinski definition) is 1. The highest BCUT2D eigenvalue weighted by molar-refractivity contribution is 7.16. The first-order valence-corrected chi connectivity index (χ1v) is 10.9. The van der Waals surface area contributed by atoms with Crippen LogP contribution < -0.4 is 4.90 Å². The standard InChI is InChI=1S/C23H29NO2S/c1-4-15-10-12-24(14-15)18-8-6-5-7-16(18)21-20(22(25)26)17-13-23(2,3)11-9-19(17)27-21/h5-8,15H,4,9-14H2,1-3H3,(H,25,26)/t15-/m1/s1. The van der Waals surface area contributed by atoms with Crippen LogP contribution in [0.1, 0.15) is 60.8 Å². The number of hydrogen-bond acceptors (Lipinski definition) is 3. The van der Waals surface area contributed by atoms with Crippen LogP contribution in [0.2, 0.25) is 0 Å². The second-order valence-electron chi connectivity index (χ2n) is 8.88. The Bertz CT molecular complexity index is 867. The molecule has 0 saturated carbocycles. The second-order valence-corrected chi connectivity index (χ2v) is 9.99. The van der Waals surface area contributed by atoms with Crippen molar-refractivity contribution in [3.63, 3.8) is 0 Å². The molecule has 0 bridgehead atoms. The third-order valence-electron chi connectivity index (χ3n) is 6.34. The predicted octanol–water partition coefficient (Wildman–Crippen LogP) is 5.86. The van der Waals surface area contributed by atoms with Gasteiger partial charge in [-0.2, -0.15) is 0 Å². The van der Waals surface area contributed by atoms with E-state index in [1.54, 1.807) is 11.3 Å². The van der Waals surface area contributed by atoms with E-state index in [-0.39, 0.29) is 5.41 Å². The minimum absolute atomic E-state index is 0.179. The molecule has 1 fully saturated rings. The summed E-state index contributed by atoms with van der Waals surface area (Å²) in [6.45, 7) is 8.91. The molecule has 2 aliphatic rings. The Morgan fingerprint density at radius 3 is 2.81 bits per heavy atom. The quantitative estimate of drug-likeness (QED) is 0.718. The molecular formula is C23H29NO2S. The molecular weight excluding hydrogens is 354 g/mol. The molecule has 0 amide bonds. The first-order valence-electron chi connectivity index (χ1n) is 10.1. The number of fused-ring (bicyclic) bond motifs is 1. The molecule has 1 aromatic carbocycles. The van der Waals surface area contributed by atoms with Gasteiger partial charge in [0.2, 0.25) is 0 Å². The molecule has 3 nitrogen and oxygen atoms in total. The number of anilines is 1. The lowest BCUT2D eigenvalue weighted by Gasteiger charge is -2.29. The van der Waals surface area contributed by atoms with E-state index in [0.717, 1.165) is 54.3 Å². The van der Waals surface area contributed by atoms with Gasteiger partial charge in [-0.25, -0.2) is 4.79 Å². The van der Waals surface area contributed by atoms with Gasteiger partial charge in [-0.3, -0.25) is 0 Å². The number of carboxylic acids is 1. The molecule has 1 atom stereocenters. The number of benzene rings is 1. The topological polar surface area (TPSA) is 40.5 Å². The molecule has 1 saturated heterocycles.